The van der Waals surface area contributed by atoms with Crippen LogP contribution in [-0.4, -0.2) is 103 Å². The highest BCUT2D eigenvalue weighted by Crippen LogP contribution is 2.34. The van der Waals surface area contributed by atoms with Gasteiger partial charge in [-0.25, -0.2) is 0 Å². The first kappa shape index (κ1) is 22.3. The highest BCUT2D eigenvalue weighted by atomic mass is 16.4. The monoisotopic (exact) mass is 348 g/mol. The number of quaternary nitrogens is 1. The number of carboxylic acid groups (broad SMARTS) is 3. The molecule has 24 heavy (non-hydrogen) atoms. The van der Waals surface area contributed by atoms with Gasteiger partial charge >= 0.3 is 17.9 Å². The molecule has 0 fully saturated rings. The molecular formula is C15H30N3O6+. The Morgan fingerprint density at radius 3 is 1.79 bits per heavy atom. The average molecular weight is 348 g/mol. The van der Waals surface area contributed by atoms with Crippen LogP contribution in [-0.2, 0) is 14.4 Å². The van der Waals surface area contributed by atoms with Gasteiger partial charge in [0.15, 0.2) is 0 Å². The van der Waals surface area contributed by atoms with Crippen molar-refractivity contribution < 1.29 is 34.2 Å². The third-order valence-corrected chi connectivity index (χ3v) is 4.58. The van der Waals surface area contributed by atoms with E-state index in [9.17, 15) is 29.7 Å². The molecule has 0 saturated carbocycles. The van der Waals surface area contributed by atoms with Gasteiger partial charge < -0.3 is 25.1 Å². The van der Waals surface area contributed by atoms with Crippen molar-refractivity contribution in [3.8, 4) is 0 Å². The molecular weight excluding hydrogens is 318 g/mol. The Morgan fingerprint density at radius 1 is 1.04 bits per heavy atom. The summed E-state index contributed by atoms with van der Waals surface area (Å²) in [6.07, 6.45) is -1.23. The molecule has 0 saturated heterocycles. The molecule has 0 heterocycles. The zero-order valence-corrected chi connectivity index (χ0v) is 15.1. The Hall–Kier alpha value is -1.71. The van der Waals surface area contributed by atoms with Crippen LogP contribution in [0.1, 0.15) is 19.3 Å². The van der Waals surface area contributed by atoms with E-state index < -0.39 is 42.3 Å². The van der Waals surface area contributed by atoms with E-state index in [-0.39, 0.29) is 10.9 Å². The van der Waals surface area contributed by atoms with Crippen LogP contribution >= 0.6 is 0 Å². The van der Waals surface area contributed by atoms with Crippen LogP contribution in [0.5, 0.6) is 0 Å². The second kappa shape index (κ2) is 8.95. The molecule has 1 unspecified atom stereocenters. The molecule has 9 heteroatoms. The van der Waals surface area contributed by atoms with Crippen molar-refractivity contribution in [3.05, 3.63) is 0 Å². The van der Waals surface area contributed by atoms with Crippen molar-refractivity contribution in [3.63, 3.8) is 0 Å². The number of hydrogen-bond donors (Lipinski definition) is 4. The maximum Gasteiger partial charge on any atom is 0.309 e. The predicted molar refractivity (Wildman–Crippen MR) is 87.9 cm³/mol. The standard InChI is InChI=1S/C15H29N3O6/c1-16-6-7-18(4,5)11(8-12(19)20)15(17(2)3,9-13(21)22)10-14(23)24/h11,16H,6-10H2,1-5H3,(H2-,19,20,21,22,23,24)/p+1. The van der Waals surface area contributed by atoms with E-state index in [1.807, 2.05) is 0 Å². The fourth-order valence-corrected chi connectivity index (χ4v) is 3.24. The maximum absolute atomic E-state index is 11.4. The summed E-state index contributed by atoms with van der Waals surface area (Å²) in [7, 11) is 8.55. The molecule has 4 N–H and O–H groups in total. The zero-order chi connectivity index (χ0) is 19.1. The fourth-order valence-electron chi connectivity index (χ4n) is 3.24. The number of hydrogen-bond acceptors (Lipinski definition) is 5. The van der Waals surface area contributed by atoms with Gasteiger partial charge in [0.05, 0.1) is 45.4 Å². The van der Waals surface area contributed by atoms with Gasteiger partial charge in [-0.05, 0) is 21.1 Å². The molecule has 0 aliphatic rings. The van der Waals surface area contributed by atoms with E-state index in [1.165, 1.54) is 0 Å². The molecule has 0 rings (SSSR count). The van der Waals surface area contributed by atoms with Crippen molar-refractivity contribution in [2.24, 2.45) is 0 Å². The molecule has 0 aliphatic heterocycles. The third kappa shape index (κ3) is 6.06. The summed E-state index contributed by atoms with van der Waals surface area (Å²) < 4.78 is 0.186. The number of carbonyl (C=O) groups is 3. The lowest BCUT2D eigenvalue weighted by molar-refractivity contribution is -0.919. The van der Waals surface area contributed by atoms with Crippen LogP contribution in [0.15, 0.2) is 0 Å². The molecule has 0 radical (unpaired) electrons. The molecule has 1 atom stereocenters. The van der Waals surface area contributed by atoms with E-state index in [0.29, 0.717) is 13.1 Å². The minimum Gasteiger partial charge on any atom is -0.481 e. The normalized spacial score (nSPS) is 13.8. The summed E-state index contributed by atoms with van der Waals surface area (Å²) in [6, 6.07) is -0.717. The number of aliphatic carboxylic acids is 3. The van der Waals surface area contributed by atoms with Gasteiger partial charge in [-0.1, -0.05) is 0 Å². The van der Waals surface area contributed by atoms with Crippen molar-refractivity contribution in [1.82, 2.24) is 10.2 Å². The lowest BCUT2D eigenvalue weighted by Crippen LogP contribution is -2.68. The van der Waals surface area contributed by atoms with Gasteiger partial charge in [0.25, 0.3) is 0 Å². The van der Waals surface area contributed by atoms with Crippen molar-refractivity contribution in [1.29, 1.82) is 0 Å². The summed E-state index contributed by atoms with van der Waals surface area (Å²) in [5.41, 5.74) is -1.33. The van der Waals surface area contributed by atoms with Gasteiger partial charge in [-0.3, -0.25) is 19.3 Å². The van der Waals surface area contributed by atoms with Crippen molar-refractivity contribution >= 4 is 17.9 Å². The maximum atomic E-state index is 11.4. The topological polar surface area (TPSA) is 127 Å². The van der Waals surface area contributed by atoms with E-state index in [4.69, 9.17) is 0 Å². The van der Waals surface area contributed by atoms with Gasteiger partial charge in [0.1, 0.15) is 6.04 Å². The summed E-state index contributed by atoms with van der Waals surface area (Å²) in [5.74, 6) is -3.40. The first-order valence-corrected chi connectivity index (χ1v) is 7.69. The van der Waals surface area contributed by atoms with Crippen LogP contribution < -0.4 is 5.32 Å². The molecule has 0 amide bonds. The van der Waals surface area contributed by atoms with Crippen molar-refractivity contribution in [2.45, 2.75) is 30.8 Å². The average Bonchev–Trinajstić information content (AvgIpc) is 2.40. The van der Waals surface area contributed by atoms with Gasteiger partial charge in [0, 0.05) is 6.54 Å². The minimum absolute atomic E-state index is 0.186. The quantitative estimate of drug-likeness (QED) is 0.344. The predicted octanol–water partition coefficient (Wildman–Crippen LogP) is -0.625. The Labute approximate surface area is 142 Å². The summed E-state index contributed by atoms with van der Waals surface area (Å²) in [5, 5.41) is 31.0. The lowest BCUT2D eigenvalue weighted by atomic mass is 9.78. The Balaban J connectivity index is 6.16. The van der Waals surface area contributed by atoms with Crippen molar-refractivity contribution in [2.75, 3.05) is 48.3 Å². The molecule has 0 aromatic carbocycles. The number of likely N-dealkylation sites (N-methyl/N-ethyl adjacent to an activating group) is 3. The first-order chi connectivity index (χ1) is 10.9. The minimum atomic E-state index is -1.33. The lowest BCUT2D eigenvalue weighted by Gasteiger charge is -2.50. The Morgan fingerprint density at radius 2 is 1.50 bits per heavy atom. The van der Waals surface area contributed by atoms with Gasteiger partial charge in [0.2, 0.25) is 0 Å². The van der Waals surface area contributed by atoms with Gasteiger partial charge in [-0.2, -0.15) is 0 Å². The summed E-state index contributed by atoms with van der Waals surface area (Å²) in [6.45, 7) is 1.12. The van der Waals surface area contributed by atoms with Gasteiger partial charge in [-0.15, -0.1) is 0 Å². The van der Waals surface area contributed by atoms with Crippen LogP contribution in [0.2, 0.25) is 0 Å². The largest absolute Gasteiger partial charge is 0.481 e. The zero-order valence-electron chi connectivity index (χ0n) is 15.1. The fraction of sp³-hybridized carbons (Fsp3) is 0.800. The second-order valence-corrected chi connectivity index (χ2v) is 6.86. The summed E-state index contributed by atoms with van der Waals surface area (Å²) in [4.78, 5) is 35.9. The SMILES string of the molecule is CNCC[N+](C)(C)C(CC(=O)O)C(CC(=O)O)(CC(=O)O)N(C)C. The van der Waals surface area contributed by atoms with E-state index in [1.54, 1.807) is 40.1 Å². The van der Waals surface area contributed by atoms with Crippen LogP contribution in [0.25, 0.3) is 0 Å². The van der Waals surface area contributed by atoms with Crippen LogP contribution in [0.3, 0.4) is 0 Å². The van der Waals surface area contributed by atoms with Crippen LogP contribution in [0, 0.1) is 0 Å². The number of nitrogens with one attached hydrogen (secondary N) is 1. The molecule has 9 nitrogen and oxygen atoms in total. The smallest absolute Gasteiger partial charge is 0.309 e. The Kier molecular flexibility index (Phi) is 8.31. The van der Waals surface area contributed by atoms with E-state index >= 15 is 0 Å². The molecule has 140 valence electrons. The number of nitrogens with zero attached hydrogens (tertiary/aromatic N) is 2. The Bertz CT molecular complexity index is 448. The molecule has 0 aromatic rings. The van der Waals surface area contributed by atoms with Crippen LogP contribution in [0.4, 0.5) is 0 Å². The second-order valence-electron chi connectivity index (χ2n) is 6.86. The molecule has 0 bridgehead atoms. The number of carboxylic acids is 3. The number of rotatable bonds is 12. The molecule has 0 aromatic heterocycles. The van der Waals surface area contributed by atoms with E-state index in [2.05, 4.69) is 5.32 Å². The third-order valence-electron chi connectivity index (χ3n) is 4.58. The first-order valence-electron chi connectivity index (χ1n) is 7.69. The highest BCUT2D eigenvalue weighted by Gasteiger charge is 2.53. The molecule has 0 aliphatic carbocycles. The molecule has 0 spiro atoms. The summed E-state index contributed by atoms with van der Waals surface area (Å²) >= 11 is 0. The van der Waals surface area contributed by atoms with E-state index in [0.717, 1.165) is 0 Å². The highest BCUT2D eigenvalue weighted by molar-refractivity contribution is 5.74.